The van der Waals surface area contributed by atoms with Gasteiger partial charge in [-0.2, -0.15) is 0 Å². The Morgan fingerprint density at radius 2 is 2.21 bits per heavy atom. The standard InChI is InChI=1S/C12H12N4O3/c13-6-14-7-15-8-1-2-10-11(3-8)18-4-9-5-19-12(17)16(9)10/h1-3,6-7,9H,4-5H2,(H2,13,14,15). The normalized spacial score (nSPS) is 21.4. The van der Waals surface area contributed by atoms with Crippen molar-refractivity contribution in [3.8, 4) is 5.75 Å². The van der Waals surface area contributed by atoms with E-state index in [2.05, 4.69) is 9.98 Å². The van der Waals surface area contributed by atoms with Crippen molar-refractivity contribution in [2.75, 3.05) is 18.1 Å². The van der Waals surface area contributed by atoms with E-state index in [1.807, 2.05) is 0 Å². The van der Waals surface area contributed by atoms with Crippen LogP contribution in [0.3, 0.4) is 0 Å². The summed E-state index contributed by atoms with van der Waals surface area (Å²) in [4.78, 5) is 21.0. The molecule has 0 saturated carbocycles. The summed E-state index contributed by atoms with van der Waals surface area (Å²) in [6, 6.07) is 5.27. The number of anilines is 1. The van der Waals surface area contributed by atoms with Crippen molar-refractivity contribution in [2.45, 2.75) is 6.04 Å². The largest absolute Gasteiger partial charge is 0.489 e. The van der Waals surface area contributed by atoms with Crippen LogP contribution in [0.25, 0.3) is 0 Å². The van der Waals surface area contributed by atoms with E-state index in [1.165, 1.54) is 6.34 Å². The van der Waals surface area contributed by atoms with Gasteiger partial charge in [-0.1, -0.05) is 0 Å². The van der Waals surface area contributed by atoms with E-state index >= 15 is 0 Å². The maximum atomic E-state index is 11.7. The lowest BCUT2D eigenvalue weighted by Crippen LogP contribution is -2.41. The van der Waals surface area contributed by atoms with Crippen LogP contribution >= 0.6 is 0 Å². The average Bonchev–Trinajstić information content (AvgIpc) is 2.81. The highest BCUT2D eigenvalue weighted by atomic mass is 16.6. The van der Waals surface area contributed by atoms with Crippen LogP contribution < -0.4 is 15.4 Å². The first-order valence-corrected chi connectivity index (χ1v) is 5.78. The molecule has 1 fully saturated rings. The lowest BCUT2D eigenvalue weighted by Gasteiger charge is -2.29. The number of aliphatic imine (C=N–C) groups is 2. The zero-order chi connectivity index (χ0) is 13.2. The van der Waals surface area contributed by atoms with Gasteiger partial charge in [-0.25, -0.2) is 14.8 Å². The van der Waals surface area contributed by atoms with Crippen molar-refractivity contribution < 1.29 is 14.3 Å². The van der Waals surface area contributed by atoms with Crippen molar-refractivity contribution >= 4 is 30.1 Å². The van der Waals surface area contributed by atoms with Gasteiger partial charge in [-0.3, -0.25) is 4.90 Å². The number of ether oxygens (including phenoxy) is 2. The molecule has 2 N–H and O–H groups in total. The second kappa shape index (κ2) is 4.60. The van der Waals surface area contributed by atoms with Gasteiger partial charge in [0, 0.05) is 6.07 Å². The van der Waals surface area contributed by atoms with Gasteiger partial charge in [0.25, 0.3) is 0 Å². The number of carbonyl (C=O) groups is 1. The Hall–Kier alpha value is -2.57. The third-order valence-corrected chi connectivity index (χ3v) is 2.95. The van der Waals surface area contributed by atoms with Crippen LogP contribution in [-0.2, 0) is 4.74 Å². The van der Waals surface area contributed by atoms with E-state index in [9.17, 15) is 4.79 Å². The predicted octanol–water partition coefficient (Wildman–Crippen LogP) is 1.05. The number of cyclic esters (lactones) is 1. The topological polar surface area (TPSA) is 89.5 Å². The Bertz CT molecular complexity index is 570. The van der Waals surface area contributed by atoms with Crippen LogP contribution in [0, 0.1) is 0 Å². The summed E-state index contributed by atoms with van der Waals surface area (Å²) in [6.07, 6.45) is 2.17. The molecule has 0 spiro atoms. The van der Waals surface area contributed by atoms with Gasteiger partial charge >= 0.3 is 6.09 Å². The van der Waals surface area contributed by atoms with Gasteiger partial charge in [-0.15, -0.1) is 0 Å². The molecule has 2 heterocycles. The Balaban J connectivity index is 1.92. The zero-order valence-corrected chi connectivity index (χ0v) is 10.0. The number of benzene rings is 1. The smallest absolute Gasteiger partial charge is 0.414 e. The molecular formula is C12H12N4O3. The van der Waals surface area contributed by atoms with Crippen LogP contribution in [0.1, 0.15) is 0 Å². The third kappa shape index (κ3) is 1.99. The highest BCUT2D eigenvalue weighted by Crippen LogP contribution is 2.38. The van der Waals surface area contributed by atoms with Gasteiger partial charge in [0.05, 0.1) is 17.7 Å². The fourth-order valence-corrected chi connectivity index (χ4v) is 2.10. The number of hydrogen-bond acceptors (Lipinski definition) is 4. The second-order valence-electron chi connectivity index (χ2n) is 4.11. The van der Waals surface area contributed by atoms with E-state index in [4.69, 9.17) is 15.2 Å². The number of nitrogens with two attached hydrogens (primary N) is 1. The summed E-state index contributed by atoms with van der Waals surface area (Å²) in [5.74, 6) is 0.612. The first-order valence-electron chi connectivity index (χ1n) is 5.78. The predicted molar refractivity (Wildman–Crippen MR) is 70.4 cm³/mol. The second-order valence-corrected chi connectivity index (χ2v) is 4.11. The number of nitrogens with zero attached hydrogens (tertiary/aromatic N) is 3. The molecule has 2 aliphatic heterocycles. The van der Waals surface area contributed by atoms with Crippen molar-refractivity contribution in [2.24, 2.45) is 15.7 Å². The monoisotopic (exact) mass is 260 g/mol. The van der Waals surface area contributed by atoms with E-state index < -0.39 is 0 Å². The van der Waals surface area contributed by atoms with Gasteiger partial charge < -0.3 is 15.2 Å². The number of rotatable bonds is 2. The molecule has 1 unspecified atom stereocenters. The third-order valence-electron chi connectivity index (χ3n) is 2.95. The number of amides is 1. The molecule has 98 valence electrons. The quantitative estimate of drug-likeness (QED) is 0.635. The molecule has 0 radical (unpaired) electrons. The Labute approximate surface area is 109 Å². The van der Waals surface area contributed by atoms with Gasteiger partial charge in [0.15, 0.2) is 0 Å². The van der Waals surface area contributed by atoms with Crippen molar-refractivity contribution in [1.82, 2.24) is 0 Å². The van der Waals surface area contributed by atoms with Crippen LogP contribution in [-0.4, -0.2) is 38.0 Å². The highest BCUT2D eigenvalue weighted by molar-refractivity contribution is 5.93. The zero-order valence-electron chi connectivity index (χ0n) is 10.0. The van der Waals surface area contributed by atoms with E-state index in [0.717, 1.165) is 6.34 Å². The Morgan fingerprint density at radius 1 is 1.37 bits per heavy atom. The summed E-state index contributed by atoms with van der Waals surface area (Å²) < 4.78 is 10.6. The maximum Gasteiger partial charge on any atom is 0.414 e. The first kappa shape index (κ1) is 11.5. The molecule has 3 rings (SSSR count). The summed E-state index contributed by atoms with van der Waals surface area (Å²) in [7, 11) is 0. The van der Waals surface area contributed by atoms with Crippen LogP contribution in [0.2, 0.25) is 0 Å². The molecule has 1 atom stereocenters. The molecule has 2 aliphatic rings. The fourth-order valence-electron chi connectivity index (χ4n) is 2.10. The lowest BCUT2D eigenvalue weighted by atomic mass is 10.2. The summed E-state index contributed by atoms with van der Waals surface area (Å²) in [5.41, 5.74) is 6.50. The molecule has 1 aromatic carbocycles. The minimum atomic E-state index is -0.335. The molecule has 0 aromatic heterocycles. The number of fused-ring (bicyclic) bond motifs is 3. The SMILES string of the molecule is NC=NC=Nc1ccc2c(c1)OCC1COC(=O)N21. The molecular weight excluding hydrogens is 248 g/mol. The molecule has 0 aliphatic carbocycles. The molecule has 1 aromatic rings. The van der Waals surface area contributed by atoms with E-state index in [-0.39, 0.29) is 12.1 Å². The number of carbonyl (C=O) groups excluding carboxylic acids is 1. The maximum absolute atomic E-state index is 11.7. The average molecular weight is 260 g/mol. The van der Waals surface area contributed by atoms with Crippen molar-refractivity contribution in [3.05, 3.63) is 18.2 Å². The first-order chi connectivity index (χ1) is 9.29. The molecule has 1 saturated heterocycles. The van der Waals surface area contributed by atoms with Crippen LogP contribution in [0.5, 0.6) is 5.75 Å². The van der Waals surface area contributed by atoms with Crippen molar-refractivity contribution in [1.29, 1.82) is 0 Å². The van der Waals surface area contributed by atoms with E-state index in [1.54, 1.807) is 23.1 Å². The number of hydrogen-bond donors (Lipinski definition) is 1. The summed E-state index contributed by atoms with van der Waals surface area (Å²) >= 11 is 0. The Kier molecular flexibility index (Phi) is 2.79. The molecule has 0 bridgehead atoms. The fraction of sp³-hybridized carbons (Fsp3) is 0.250. The highest BCUT2D eigenvalue weighted by Gasteiger charge is 2.39. The van der Waals surface area contributed by atoms with Gasteiger partial charge in [0.2, 0.25) is 0 Å². The summed E-state index contributed by atoms with van der Waals surface area (Å²) in [6.45, 7) is 0.788. The Morgan fingerprint density at radius 3 is 3.05 bits per heavy atom. The lowest BCUT2D eigenvalue weighted by molar-refractivity contribution is 0.176. The van der Waals surface area contributed by atoms with Crippen molar-refractivity contribution in [3.63, 3.8) is 0 Å². The van der Waals surface area contributed by atoms with Crippen LogP contribution in [0.4, 0.5) is 16.2 Å². The summed E-state index contributed by atoms with van der Waals surface area (Å²) in [5, 5.41) is 0. The molecule has 7 heteroatoms. The molecule has 1 amide bonds. The van der Waals surface area contributed by atoms with Crippen LogP contribution in [0.15, 0.2) is 28.2 Å². The molecule has 7 nitrogen and oxygen atoms in total. The minimum absolute atomic E-state index is 0.0452. The van der Waals surface area contributed by atoms with Gasteiger partial charge in [0.1, 0.15) is 31.3 Å². The van der Waals surface area contributed by atoms with E-state index in [0.29, 0.717) is 30.3 Å². The van der Waals surface area contributed by atoms with Gasteiger partial charge in [-0.05, 0) is 12.1 Å². The molecule has 19 heavy (non-hydrogen) atoms. The minimum Gasteiger partial charge on any atom is -0.489 e.